The van der Waals surface area contributed by atoms with Gasteiger partial charge in [-0.1, -0.05) is 12.1 Å². The minimum Gasteiger partial charge on any atom is -0.298 e. The topological polar surface area (TPSA) is 78.5 Å². The van der Waals surface area contributed by atoms with Crippen LogP contribution in [0.5, 0.6) is 0 Å². The molecule has 1 fully saturated rings. The molecule has 2 N–H and O–H groups in total. The normalized spacial score (nSPS) is 16.2. The standard InChI is InChI=1S/C17H16F3N3O3S/c18-17(19,20)14-4-1-2-5-15(14)21-22-16(24)12-6-8-13(9-7-12)23-10-3-11-27(23,25)26/h1-2,4-9,21H,3,10-11H2,(H,22,24). The number of sulfonamides is 1. The molecule has 0 aliphatic carbocycles. The van der Waals surface area contributed by atoms with Crippen molar-refractivity contribution in [3.8, 4) is 0 Å². The van der Waals surface area contributed by atoms with Gasteiger partial charge in [-0.2, -0.15) is 13.2 Å². The molecule has 0 aromatic heterocycles. The molecule has 2 aromatic carbocycles. The first-order valence-electron chi connectivity index (χ1n) is 8.01. The number of benzene rings is 2. The molecule has 0 spiro atoms. The number of alkyl halides is 3. The minimum atomic E-state index is -4.56. The second kappa shape index (κ2) is 7.10. The van der Waals surface area contributed by atoms with E-state index in [0.717, 1.165) is 6.07 Å². The molecular formula is C17H16F3N3O3S. The molecule has 27 heavy (non-hydrogen) atoms. The number of rotatable bonds is 4. The first kappa shape index (κ1) is 19.0. The molecule has 0 atom stereocenters. The zero-order valence-electron chi connectivity index (χ0n) is 14.0. The van der Waals surface area contributed by atoms with Gasteiger partial charge in [-0.3, -0.25) is 20.0 Å². The number of nitrogens with one attached hydrogen (secondary N) is 2. The number of anilines is 2. The van der Waals surface area contributed by atoms with Crippen molar-refractivity contribution in [2.75, 3.05) is 22.0 Å². The Morgan fingerprint density at radius 2 is 1.70 bits per heavy atom. The number of carbonyl (C=O) groups excluding carboxylic acids is 1. The zero-order valence-corrected chi connectivity index (χ0v) is 14.8. The predicted octanol–water partition coefficient (Wildman–Crippen LogP) is 3.00. The number of carbonyl (C=O) groups is 1. The maximum atomic E-state index is 12.9. The molecule has 0 unspecified atom stereocenters. The maximum absolute atomic E-state index is 12.9. The van der Waals surface area contributed by atoms with Gasteiger partial charge in [0.1, 0.15) is 0 Å². The first-order valence-corrected chi connectivity index (χ1v) is 9.62. The summed E-state index contributed by atoms with van der Waals surface area (Å²) in [6.45, 7) is 0.379. The Morgan fingerprint density at radius 1 is 1.04 bits per heavy atom. The van der Waals surface area contributed by atoms with Crippen molar-refractivity contribution < 1.29 is 26.4 Å². The molecule has 0 radical (unpaired) electrons. The van der Waals surface area contributed by atoms with Crippen molar-refractivity contribution in [2.24, 2.45) is 0 Å². The highest BCUT2D eigenvalue weighted by atomic mass is 32.2. The number of hydrazine groups is 1. The molecular weight excluding hydrogens is 383 g/mol. The van der Waals surface area contributed by atoms with E-state index in [1.165, 1.54) is 46.8 Å². The van der Waals surface area contributed by atoms with E-state index in [-0.39, 0.29) is 17.0 Å². The third-order valence-corrected chi connectivity index (χ3v) is 5.93. The van der Waals surface area contributed by atoms with Gasteiger partial charge in [-0.25, -0.2) is 8.42 Å². The van der Waals surface area contributed by atoms with Crippen molar-refractivity contribution in [2.45, 2.75) is 12.6 Å². The predicted molar refractivity (Wildman–Crippen MR) is 94.7 cm³/mol. The number of nitrogens with zero attached hydrogens (tertiary/aromatic N) is 1. The van der Waals surface area contributed by atoms with Gasteiger partial charge >= 0.3 is 6.18 Å². The Bertz CT molecular complexity index is 944. The van der Waals surface area contributed by atoms with Crippen LogP contribution in [0.25, 0.3) is 0 Å². The lowest BCUT2D eigenvalue weighted by atomic mass is 10.1. The van der Waals surface area contributed by atoms with E-state index in [9.17, 15) is 26.4 Å². The van der Waals surface area contributed by atoms with Crippen LogP contribution in [0.3, 0.4) is 0 Å². The van der Waals surface area contributed by atoms with Gasteiger partial charge in [-0.05, 0) is 42.8 Å². The van der Waals surface area contributed by atoms with Crippen molar-refractivity contribution in [1.29, 1.82) is 0 Å². The van der Waals surface area contributed by atoms with E-state index < -0.39 is 27.7 Å². The highest BCUT2D eigenvalue weighted by molar-refractivity contribution is 7.93. The summed E-state index contributed by atoms with van der Waals surface area (Å²) in [7, 11) is -3.32. The Morgan fingerprint density at radius 3 is 2.30 bits per heavy atom. The summed E-state index contributed by atoms with van der Waals surface area (Å²) in [4.78, 5) is 12.2. The Hall–Kier alpha value is -2.75. The fourth-order valence-corrected chi connectivity index (χ4v) is 4.31. The van der Waals surface area contributed by atoms with Crippen LogP contribution >= 0.6 is 0 Å². The van der Waals surface area contributed by atoms with Gasteiger partial charge in [0.2, 0.25) is 10.0 Å². The fraction of sp³-hybridized carbons (Fsp3) is 0.235. The number of para-hydroxylation sites is 1. The molecule has 1 aliphatic rings. The molecule has 3 rings (SSSR count). The van der Waals surface area contributed by atoms with Crippen LogP contribution in [0.2, 0.25) is 0 Å². The average molecular weight is 399 g/mol. The van der Waals surface area contributed by atoms with E-state index in [2.05, 4.69) is 10.9 Å². The summed E-state index contributed by atoms with van der Waals surface area (Å²) in [5, 5.41) is 0. The Balaban J connectivity index is 1.69. The smallest absolute Gasteiger partial charge is 0.298 e. The van der Waals surface area contributed by atoms with Crippen LogP contribution in [0.1, 0.15) is 22.3 Å². The third-order valence-electron chi connectivity index (χ3n) is 4.06. The number of amides is 1. The molecule has 0 bridgehead atoms. The second-order valence-corrected chi connectivity index (χ2v) is 7.92. The molecule has 1 saturated heterocycles. The molecule has 1 heterocycles. The van der Waals surface area contributed by atoms with Gasteiger partial charge < -0.3 is 0 Å². The fourth-order valence-electron chi connectivity index (χ4n) is 2.74. The minimum absolute atomic E-state index is 0.0811. The van der Waals surface area contributed by atoms with Gasteiger partial charge in [0.15, 0.2) is 0 Å². The number of hydrogen-bond donors (Lipinski definition) is 2. The van der Waals surface area contributed by atoms with Crippen molar-refractivity contribution in [1.82, 2.24) is 5.43 Å². The average Bonchev–Trinajstić information content (AvgIpc) is 2.98. The first-order chi connectivity index (χ1) is 12.7. The van der Waals surface area contributed by atoms with Crippen LogP contribution in [0.4, 0.5) is 24.5 Å². The zero-order chi connectivity index (χ0) is 19.7. The monoisotopic (exact) mass is 399 g/mol. The highest BCUT2D eigenvalue weighted by Crippen LogP contribution is 2.34. The van der Waals surface area contributed by atoms with E-state index in [1.807, 2.05) is 0 Å². The van der Waals surface area contributed by atoms with Crippen LogP contribution in [-0.2, 0) is 16.2 Å². The highest BCUT2D eigenvalue weighted by Gasteiger charge is 2.33. The van der Waals surface area contributed by atoms with Crippen molar-refractivity contribution >= 4 is 27.3 Å². The maximum Gasteiger partial charge on any atom is 0.418 e. The second-order valence-electron chi connectivity index (χ2n) is 5.91. The molecule has 2 aromatic rings. The largest absolute Gasteiger partial charge is 0.418 e. The van der Waals surface area contributed by atoms with Crippen LogP contribution in [0, 0.1) is 0 Å². The van der Waals surface area contributed by atoms with Gasteiger partial charge in [0, 0.05) is 12.1 Å². The quantitative estimate of drug-likeness (QED) is 0.775. The summed E-state index contributed by atoms with van der Waals surface area (Å²) >= 11 is 0. The van der Waals surface area contributed by atoms with Gasteiger partial charge in [0.05, 0.1) is 22.7 Å². The van der Waals surface area contributed by atoms with Gasteiger partial charge in [-0.15, -0.1) is 0 Å². The van der Waals surface area contributed by atoms with Crippen LogP contribution in [0.15, 0.2) is 48.5 Å². The van der Waals surface area contributed by atoms with Crippen molar-refractivity contribution in [3.63, 3.8) is 0 Å². The van der Waals surface area contributed by atoms with E-state index in [0.29, 0.717) is 18.7 Å². The Kier molecular flexibility index (Phi) is 5.01. The third kappa shape index (κ3) is 4.16. The molecule has 144 valence electrons. The summed E-state index contributed by atoms with van der Waals surface area (Å²) in [5.74, 6) is -0.569. The molecule has 0 saturated carbocycles. The lowest BCUT2D eigenvalue weighted by molar-refractivity contribution is -0.137. The molecule has 1 amide bonds. The SMILES string of the molecule is O=C(NNc1ccccc1C(F)(F)F)c1ccc(N2CCCS2(=O)=O)cc1. The molecule has 6 nitrogen and oxygen atoms in total. The summed E-state index contributed by atoms with van der Waals surface area (Å²) < 4.78 is 63.9. The lowest BCUT2D eigenvalue weighted by Gasteiger charge is -2.17. The number of halogens is 3. The van der Waals surface area contributed by atoms with Crippen LogP contribution < -0.4 is 15.2 Å². The molecule has 1 aliphatic heterocycles. The van der Waals surface area contributed by atoms with Crippen molar-refractivity contribution in [3.05, 3.63) is 59.7 Å². The van der Waals surface area contributed by atoms with Gasteiger partial charge in [0.25, 0.3) is 5.91 Å². The van der Waals surface area contributed by atoms with Crippen LogP contribution in [-0.4, -0.2) is 26.6 Å². The Labute approximate surface area is 154 Å². The summed E-state index contributed by atoms with van der Waals surface area (Å²) in [5.41, 5.74) is 3.92. The van der Waals surface area contributed by atoms with E-state index in [4.69, 9.17) is 0 Å². The van der Waals surface area contributed by atoms with E-state index in [1.54, 1.807) is 0 Å². The summed E-state index contributed by atoms with van der Waals surface area (Å²) in [6, 6.07) is 10.6. The summed E-state index contributed by atoms with van der Waals surface area (Å²) in [6.07, 6.45) is -4.02. The lowest BCUT2D eigenvalue weighted by Crippen LogP contribution is -2.30. The van der Waals surface area contributed by atoms with E-state index >= 15 is 0 Å². The molecule has 10 heteroatoms. The number of hydrogen-bond acceptors (Lipinski definition) is 4.